The molecular weight excluding hydrogens is 343 g/mol. The van der Waals surface area contributed by atoms with Crippen molar-refractivity contribution in [1.82, 2.24) is 4.90 Å². The summed E-state index contributed by atoms with van der Waals surface area (Å²) in [6.07, 6.45) is 1.32. The summed E-state index contributed by atoms with van der Waals surface area (Å²) >= 11 is 1.78. The number of rotatable bonds is 13. The van der Waals surface area contributed by atoms with Crippen LogP contribution in [0.1, 0.15) is 20.3 Å². The molecule has 138 valence electrons. The predicted octanol–water partition coefficient (Wildman–Crippen LogP) is 3.69. The fourth-order valence-electron chi connectivity index (χ4n) is 2.15. The Labute approximate surface area is 150 Å². The van der Waals surface area contributed by atoms with Gasteiger partial charge in [0.25, 0.3) is 0 Å². The molecule has 1 atom stereocenters. The first-order valence-electron chi connectivity index (χ1n) is 8.49. The standard InChI is InChI=1S/C17H31N2O3PS/c1-4-21-23(20,22-5-2)14-13-19(3)12-11-16(18)15-24-17-9-7-6-8-10-17/h6-10,16H,4-5,11-15,18H2,1-3H3/t16-/m1/s1. The Morgan fingerprint density at radius 1 is 1.17 bits per heavy atom. The minimum absolute atomic E-state index is 0.142. The molecule has 7 heteroatoms. The van der Waals surface area contributed by atoms with Crippen LogP contribution in [0, 0.1) is 0 Å². The summed E-state index contributed by atoms with van der Waals surface area (Å²) in [6, 6.07) is 10.4. The summed E-state index contributed by atoms with van der Waals surface area (Å²) < 4.78 is 23.0. The number of nitrogens with two attached hydrogens (primary N) is 1. The molecule has 0 saturated heterocycles. The van der Waals surface area contributed by atoms with Gasteiger partial charge in [-0.25, -0.2) is 0 Å². The molecule has 1 aromatic carbocycles. The molecule has 0 amide bonds. The van der Waals surface area contributed by atoms with E-state index in [1.54, 1.807) is 11.8 Å². The van der Waals surface area contributed by atoms with Gasteiger partial charge in [-0.15, -0.1) is 11.8 Å². The van der Waals surface area contributed by atoms with E-state index in [4.69, 9.17) is 14.8 Å². The van der Waals surface area contributed by atoms with E-state index < -0.39 is 7.60 Å². The first kappa shape index (κ1) is 21.7. The molecule has 0 aromatic heterocycles. The second kappa shape index (κ2) is 12.1. The van der Waals surface area contributed by atoms with Crippen molar-refractivity contribution in [1.29, 1.82) is 0 Å². The number of hydrogen-bond donors (Lipinski definition) is 1. The molecule has 2 N–H and O–H groups in total. The molecule has 0 aliphatic carbocycles. The van der Waals surface area contributed by atoms with E-state index in [9.17, 15) is 4.57 Å². The van der Waals surface area contributed by atoms with Gasteiger partial charge in [-0.1, -0.05) is 18.2 Å². The minimum Gasteiger partial charge on any atom is -0.327 e. The van der Waals surface area contributed by atoms with Crippen molar-refractivity contribution < 1.29 is 13.6 Å². The zero-order valence-electron chi connectivity index (χ0n) is 15.0. The molecule has 0 radical (unpaired) electrons. The smallest absolute Gasteiger partial charge is 0.327 e. The number of thioether (sulfide) groups is 1. The molecule has 0 unspecified atom stereocenters. The first-order valence-corrected chi connectivity index (χ1v) is 11.2. The van der Waals surface area contributed by atoms with Gasteiger partial charge in [0.15, 0.2) is 0 Å². The van der Waals surface area contributed by atoms with E-state index in [0.717, 1.165) is 18.7 Å². The van der Waals surface area contributed by atoms with E-state index in [-0.39, 0.29) is 6.04 Å². The molecule has 0 saturated carbocycles. The Morgan fingerprint density at radius 2 is 1.79 bits per heavy atom. The van der Waals surface area contributed by atoms with E-state index in [0.29, 0.717) is 25.9 Å². The van der Waals surface area contributed by atoms with Gasteiger partial charge in [0.1, 0.15) is 0 Å². The maximum Gasteiger partial charge on any atom is 0.331 e. The van der Waals surface area contributed by atoms with Crippen LogP contribution in [0.2, 0.25) is 0 Å². The second-order valence-corrected chi connectivity index (χ2v) is 8.92. The fourth-order valence-corrected chi connectivity index (χ4v) is 4.78. The molecule has 5 nitrogen and oxygen atoms in total. The molecule has 0 bridgehead atoms. The molecule has 0 aliphatic heterocycles. The van der Waals surface area contributed by atoms with Gasteiger partial charge in [0.2, 0.25) is 0 Å². The van der Waals surface area contributed by atoms with Crippen LogP contribution in [0.15, 0.2) is 35.2 Å². The van der Waals surface area contributed by atoms with Crippen LogP contribution < -0.4 is 5.73 Å². The van der Waals surface area contributed by atoms with Crippen LogP contribution in [0.25, 0.3) is 0 Å². The fraction of sp³-hybridized carbons (Fsp3) is 0.647. The van der Waals surface area contributed by atoms with E-state index in [1.165, 1.54) is 4.90 Å². The zero-order chi connectivity index (χ0) is 17.8. The third-order valence-electron chi connectivity index (χ3n) is 3.50. The van der Waals surface area contributed by atoms with Crippen molar-refractivity contribution in [3.63, 3.8) is 0 Å². The van der Waals surface area contributed by atoms with Crippen molar-refractivity contribution in [2.45, 2.75) is 31.2 Å². The molecule has 0 heterocycles. The van der Waals surface area contributed by atoms with Crippen molar-refractivity contribution in [3.8, 4) is 0 Å². The van der Waals surface area contributed by atoms with Crippen molar-refractivity contribution >= 4 is 19.4 Å². The molecule has 1 aromatic rings. The Hall–Kier alpha value is -0.360. The topological polar surface area (TPSA) is 64.8 Å². The van der Waals surface area contributed by atoms with E-state index in [1.807, 2.05) is 39.1 Å². The van der Waals surface area contributed by atoms with Crippen LogP contribution in [0.4, 0.5) is 0 Å². The lowest BCUT2D eigenvalue weighted by atomic mass is 10.2. The van der Waals surface area contributed by atoms with Crippen LogP contribution >= 0.6 is 19.4 Å². The van der Waals surface area contributed by atoms with Gasteiger partial charge in [0, 0.05) is 23.2 Å². The highest BCUT2D eigenvalue weighted by Crippen LogP contribution is 2.47. The molecule has 0 fully saturated rings. The second-order valence-electron chi connectivity index (χ2n) is 5.65. The van der Waals surface area contributed by atoms with Crippen LogP contribution in [-0.2, 0) is 13.6 Å². The maximum atomic E-state index is 12.4. The molecule has 0 spiro atoms. The summed E-state index contributed by atoms with van der Waals surface area (Å²) in [5, 5.41) is 0. The Balaban J connectivity index is 2.24. The van der Waals surface area contributed by atoms with Gasteiger partial charge in [-0.3, -0.25) is 4.57 Å². The van der Waals surface area contributed by atoms with Gasteiger partial charge in [0.05, 0.1) is 19.4 Å². The molecule has 0 aliphatic rings. The summed E-state index contributed by atoms with van der Waals surface area (Å²) in [5.74, 6) is 0.897. The summed E-state index contributed by atoms with van der Waals surface area (Å²) in [5.41, 5.74) is 6.20. The highest BCUT2D eigenvalue weighted by atomic mass is 32.2. The van der Waals surface area contributed by atoms with Gasteiger partial charge in [-0.05, 0) is 46.0 Å². The van der Waals surface area contributed by atoms with Crippen molar-refractivity contribution in [2.75, 3.05) is 45.3 Å². The number of hydrogen-bond acceptors (Lipinski definition) is 6. The lowest BCUT2D eigenvalue weighted by Crippen LogP contribution is -2.31. The largest absolute Gasteiger partial charge is 0.331 e. The van der Waals surface area contributed by atoms with E-state index >= 15 is 0 Å². The average molecular weight is 374 g/mol. The molecule has 1 rings (SSSR count). The van der Waals surface area contributed by atoms with Crippen molar-refractivity contribution in [3.05, 3.63) is 30.3 Å². The van der Waals surface area contributed by atoms with Gasteiger partial charge >= 0.3 is 7.60 Å². The minimum atomic E-state index is -2.95. The Bertz CT molecular complexity index is 480. The molecular formula is C17H31N2O3PS. The predicted molar refractivity (Wildman–Crippen MR) is 103 cm³/mol. The summed E-state index contributed by atoms with van der Waals surface area (Å²) in [7, 11) is -0.937. The SMILES string of the molecule is CCOP(=O)(CCN(C)CC[C@@H](N)CSc1ccccc1)OCC. The van der Waals surface area contributed by atoms with Crippen LogP contribution in [0.3, 0.4) is 0 Å². The normalized spacial score (nSPS) is 13.4. The monoisotopic (exact) mass is 374 g/mol. The van der Waals surface area contributed by atoms with Crippen LogP contribution in [0.5, 0.6) is 0 Å². The third-order valence-corrected chi connectivity index (χ3v) is 6.75. The quantitative estimate of drug-likeness (QED) is 0.420. The lowest BCUT2D eigenvalue weighted by molar-refractivity contribution is 0.215. The average Bonchev–Trinajstić information content (AvgIpc) is 2.58. The van der Waals surface area contributed by atoms with Gasteiger partial charge < -0.3 is 19.7 Å². The lowest BCUT2D eigenvalue weighted by Gasteiger charge is -2.22. The van der Waals surface area contributed by atoms with Gasteiger partial charge in [-0.2, -0.15) is 0 Å². The highest BCUT2D eigenvalue weighted by molar-refractivity contribution is 7.99. The number of nitrogens with zero attached hydrogens (tertiary/aromatic N) is 1. The summed E-state index contributed by atoms with van der Waals surface area (Å²) in [6.45, 7) is 6.02. The maximum absolute atomic E-state index is 12.4. The van der Waals surface area contributed by atoms with Crippen molar-refractivity contribution in [2.24, 2.45) is 5.73 Å². The van der Waals surface area contributed by atoms with Crippen LogP contribution in [-0.4, -0.2) is 56.2 Å². The molecule has 24 heavy (non-hydrogen) atoms. The highest BCUT2D eigenvalue weighted by Gasteiger charge is 2.23. The summed E-state index contributed by atoms with van der Waals surface area (Å²) in [4.78, 5) is 3.38. The number of benzene rings is 1. The first-order chi connectivity index (χ1) is 11.5. The van der Waals surface area contributed by atoms with E-state index in [2.05, 4.69) is 17.0 Å². The Kier molecular flexibility index (Phi) is 10.9. The Morgan fingerprint density at radius 3 is 2.38 bits per heavy atom. The third kappa shape index (κ3) is 9.21. The zero-order valence-corrected chi connectivity index (χ0v) is 16.7.